The summed E-state index contributed by atoms with van der Waals surface area (Å²) in [6.45, 7) is 3.08. The zero-order valence-corrected chi connectivity index (χ0v) is 22.0. The van der Waals surface area contributed by atoms with E-state index in [1.54, 1.807) is 4.90 Å². The average Bonchev–Trinajstić information content (AvgIpc) is 3.04. The molecule has 0 bridgehead atoms. The molecule has 4 heterocycles. The van der Waals surface area contributed by atoms with E-state index in [1.807, 2.05) is 37.1 Å². The normalized spacial score (nSPS) is 22.5. The third kappa shape index (κ3) is 6.62. The smallest absolute Gasteiger partial charge is 0.376 e. The maximum Gasteiger partial charge on any atom is 0.401 e. The number of halogens is 4. The van der Waals surface area contributed by atoms with Gasteiger partial charge in [-0.05, 0) is 57.1 Å². The first-order valence-corrected chi connectivity index (χ1v) is 13.2. The number of aromatic nitrogens is 1. The van der Waals surface area contributed by atoms with Gasteiger partial charge in [0.15, 0.2) is 0 Å². The lowest BCUT2D eigenvalue weighted by Gasteiger charge is -2.35. The van der Waals surface area contributed by atoms with Crippen LogP contribution in [0.3, 0.4) is 0 Å². The molecule has 2 aromatic rings. The number of fused-ring (bicyclic) bond motifs is 2. The number of ether oxygens (including phenoxy) is 2. The summed E-state index contributed by atoms with van der Waals surface area (Å²) in [5.74, 6) is -0.699. The third-order valence-electron chi connectivity index (χ3n) is 7.39. The number of piperidine rings is 1. The molecule has 3 aliphatic heterocycles. The van der Waals surface area contributed by atoms with E-state index < -0.39 is 24.5 Å². The van der Waals surface area contributed by atoms with Crippen LogP contribution in [0, 0.1) is 11.7 Å². The van der Waals surface area contributed by atoms with Crippen LogP contribution < -0.4 is 15.1 Å². The molecular formula is C27H33F4N5O3. The first-order chi connectivity index (χ1) is 18.6. The number of likely N-dealkylation sites (N-methyl/N-ethyl adjacent to an activating group) is 1. The monoisotopic (exact) mass is 551 g/mol. The van der Waals surface area contributed by atoms with Crippen molar-refractivity contribution in [3.63, 3.8) is 0 Å². The molecule has 39 heavy (non-hydrogen) atoms. The Morgan fingerprint density at radius 2 is 1.97 bits per heavy atom. The molecule has 0 spiro atoms. The van der Waals surface area contributed by atoms with E-state index in [-0.39, 0.29) is 37.7 Å². The van der Waals surface area contributed by atoms with Gasteiger partial charge in [-0.25, -0.2) is 9.37 Å². The van der Waals surface area contributed by atoms with Crippen LogP contribution in [-0.2, 0) is 20.8 Å². The number of alkyl halides is 3. The Morgan fingerprint density at radius 3 is 2.69 bits per heavy atom. The fourth-order valence-electron chi connectivity index (χ4n) is 5.47. The maximum absolute atomic E-state index is 14.1. The predicted molar refractivity (Wildman–Crippen MR) is 139 cm³/mol. The summed E-state index contributed by atoms with van der Waals surface area (Å²) in [6, 6.07) is 7.02. The van der Waals surface area contributed by atoms with E-state index in [0.29, 0.717) is 55.4 Å². The van der Waals surface area contributed by atoms with Crippen molar-refractivity contribution < 1.29 is 31.8 Å². The van der Waals surface area contributed by atoms with Crippen molar-refractivity contribution in [2.45, 2.75) is 44.7 Å². The minimum absolute atomic E-state index is 0.00968. The van der Waals surface area contributed by atoms with Crippen LogP contribution in [-0.4, -0.2) is 80.6 Å². The van der Waals surface area contributed by atoms with Gasteiger partial charge in [-0.1, -0.05) is 0 Å². The first-order valence-electron chi connectivity index (χ1n) is 13.2. The van der Waals surface area contributed by atoms with E-state index in [4.69, 9.17) is 9.47 Å². The van der Waals surface area contributed by atoms with Crippen LogP contribution in [0.15, 0.2) is 30.5 Å². The Bertz CT molecular complexity index is 1190. The summed E-state index contributed by atoms with van der Waals surface area (Å²) in [6.07, 6.45) is -2.61. The Hall–Kier alpha value is -2.96. The van der Waals surface area contributed by atoms with Crippen molar-refractivity contribution in [2.24, 2.45) is 5.92 Å². The topological polar surface area (TPSA) is 70.2 Å². The van der Waals surface area contributed by atoms with Crippen molar-refractivity contribution in [3.8, 4) is 0 Å². The number of hydrogen-bond acceptors (Lipinski definition) is 7. The second-order valence-electron chi connectivity index (χ2n) is 10.6. The lowest BCUT2D eigenvalue weighted by molar-refractivity contribution is -0.149. The lowest BCUT2D eigenvalue weighted by atomic mass is 9.94. The van der Waals surface area contributed by atoms with Gasteiger partial charge in [-0.15, -0.1) is 0 Å². The molecule has 2 saturated heterocycles. The minimum atomic E-state index is -4.28. The highest BCUT2D eigenvalue weighted by Crippen LogP contribution is 2.39. The summed E-state index contributed by atoms with van der Waals surface area (Å²) >= 11 is 0. The minimum Gasteiger partial charge on any atom is -0.376 e. The molecule has 5 rings (SSSR count). The number of nitrogens with one attached hydrogen (secondary N) is 1. The van der Waals surface area contributed by atoms with E-state index in [9.17, 15) is 22.4 Å². The van der Waals surface area contributed by atoms with Crippen LogP contribution in [0.2, 0.25) is 0 Å². The summed E-state index contributed by atoms with van der Waals surface area (Å²) in [5.41, 5.74) is 2.61. The fourth-order valence-corrected chi connectivity index (χ4v) is 5.47. The van der Waals surface area contributed by atoms with Crippen LogP contribution >= 0.6 is 0 Å². The van der Waals surface area contributed by atoms with E-state index in [0.717, 1.165) is 11.9 Å². The van der Waals surface area contributed by atoms with Crippen LogP contribution in [0.4, 0.5) is 40.4 Å². The van der Waals surface area contributed by atoms with Crippen LogP contribution in [0.5, 0.6) is 0 Å². The number of carbonyl (C=O) groups excluding carboxylic acids is 1. The Morgan fingerprint density at radius 1 is 1.21 bits per heavy atom. The Balaban J connectivity index is 1.40. The highest BCUT2D eigenvalue weighted by Gasteiger charge is 2.36. The van der Waals surface area contributed by atoms with Gasteiger partial charge in [0.2, 0.25) is 5.91 Å². The second kappa shape index (κ2) is 11.3. The summed E-state index contributed by atoms with van der Waals surface area (Å²) in [4.78, 5) is 23.0. The van der Waals surface area contributed by atoms with Gasteiger partial charge < -0.3 is 24.6 Å². The van der Waals surface area contributed by atoms with Gasteiger partial charge in [-0.3, -0.25) is 9.69 Å². The Labute approximate surface area is 224 Å². The summed E-state index contributed by atoms with van der Waals surface area (Å²) < 4.78 is 64.3. The zero-order chi connectivity index (χ0) is 27.7. The summed E-state index contributed by atoms with van der Waals surface area (Å²) in [5, 5.41) is 3.24. The van der Waals surface area contributed by atoms with Gasteiger partial charge in [0, 0.05) is 30.8 Å². The lowest BCUT2D eigenvalue weighted by Crippen LogP contribution is -2.45. The number of anilines is 4. The van der Waals surface area contributed by atoms with Crippen molar-refractivity contribution >= 4 is 28.8 Å². The Kier molecular flexibility index (Phi) is 7.97. The second-order valence-corrected chi connectivity index (χ2v) is 10.6. The quantitative estimate of drug-likeness (QED) is 0.555. The standard InChI is InChI=1S/C27H33F4N5O3/c1-17-14-38-15-22(39-17)13-34(2)21-3-4-23-24(10-21)36(12-19-9-20(28)11-32-25(19)33-23)26(37)18-5-7-35(8-6-18)16-27(29,30)31/h3-4,9-11,17-18,22H,5-8,12-16H2,1-2H3,(H,32,33). The highest BCUT2D eigenvalue weighted by molar-refractivity contribution is 6.00. The molecule has 0 radical (unpaired) electrons. The van der Waals surface area contributed by atoms with Crippen molar-refractivity contribution in [1.82, 2.24) is 9.88 Å². The SMILES string of the molecule is CC1COCC(CN(C)c2ccc3c(c2)N(C(=O)C2CCN(CC(F)(F)F)CC2)Cc2cc(F)cnc2N3)O1. The van der Waals surface area contributed by atoms with Gasteiger partial charge in [0.05, 0.1) is 56.1 Å². The number of hydrogen-bond donors (Lipinski definition) is 1. The largest absolute Gasteiger partial charge is 0.401 e. The van der Waals surface area contributed by atoms with Crippen molar-refractivity contribution in [2.75, 3.05) is 61.6 Å². The summed E-state index contributed by atoms with van der Waals surface area (Å²) in [7, 11) is 1.93. The van der Waals surface area contributed by atoms with E-state index >= 15 is 0 Å². The van der Waals surface area contributed by atoms with Gasteiger partial charge in [-0.2, -0.15) is 13.2 Å². The fraction of sp³-hybridized carbons (Fsp3) is 0.556. The molecule has 2 atom stereocenters. The molecule has 0 aliphatic carbocycles. The molecule has 8 nitrogen and oxygen atoms in total. The maximum atomic E-state index is 14.1. The molecule has 1 aromatic heterocycles. The average molecular weight is 552 g/mol. The molecule has 12 heteroatoms. The number of nitrogens with zero attached hydrogens (tertiary/aromatic N) is 4. The number of rotatable bonds is 5. The number of amides is 1. The first kappa shape index (κ1) is 27.6. The molecule has 1 aromatic carbocycles. The molecule has 3 aliphatic rings. The zero-order valence-electron chi connectivity index (χ0n) is 22.0. The van der Waals surface area contributed by atoms with Crippen molar-refractivity contribution in [3.05, 3.63) is 41.8 Å². The van der Waals surface area contributed by atoms with Crippen LogP contribution in [0.1, 0.15) is 25.3 Å². The molecular weight excluding hydrogens is 518 g/mol. The van der Waals surface area contributed by atoms with Gasteiger partial charge in [0.25, 0.3) is 0 Å². The predicted octanol–water partition coefficient (Wildman–Crippen LogP) is 4.33. The van der Waals surface area contributed by atoms with E-state index in [2.05, 4.69) is 10.3 Å². The molecule has 1 amide bonds. The molecule has 1 N–H and O–H groups in total. The number of carbonyl (C=O) groups is 1. The molecule has 0 saturated carbocycles. The van der Waals surface area contributed by atoms with Crippen molar-refractivity contribution in [1.29, 1.82) is 0 Å². The molecule has 2 fully saturated rings. The highest BCUT2D eigenvalue weighted by atomic mass is 19.4. The molecule has 212 valence electrons. The third-order valence-corrected chi connectivity index (χ3v) is 7.39. The van der Waals surface area contributed by atoms with Crippen LogP contribution in [0.25, 0.3) is 0 Å². The van der Waals surface area contributed by atoms with Gasteiger partial charge in [0.1, 0.15) is 11.6 Å². The number of likely N-dealkylation sites (tertiary alicyclic amines) is 1. The number of pyridine rings is 1. The number of benzene rings is 1. The molecule has 2 unspecified atom stereocenters. The van der Waals surface area contributed by atoms with E-state index in [1.165, 1.54) is 11.0 Å². The van der Waals surface area contributed by atoms with Gasteiger partial charge >= 0.3 is 6.18 Å².